The van der Waals surface area contributed by atoms with Gasteiger partial charge in [-0.15, -0.1) is 11.3 Å². The third kappa shape index (κ3) is 4.53. The van der Waals surface area contributed by atoms with E-state index in [0.717, 1.165) is 13.1 Å². The molecule has 0 atom stereocenters. The summed E-state index contributed by atoms with van der Waals surface area (Å²) in [7, 11) is 2.24. The first-order chi connectivity index (χ1) is 10.1. The maximum absolute atomic E-state index is 3.57. The van der Waals surface area contributed by atoms with Crippen molar-refractivity contribution in [3.8, 4) is 0 Å². The van der Waals surface area contributed by atoms with Gasteiger partial charge in [-0.2, -0.15) is 0 Å². The highest BCUT2D eigenvalue weighted by molar-refractivity contribution is 7.19. The molecule has 116 valence electrons. The van der Waals surface area contributed by atoms with E-state index in [9.17, 15) is 0 Å². The number of nitrogens with one attached hydrogen (secondary N) is 1. The molecule has 0 saturated heterocycles. The zero-order valence-electron chi connectivity index (χ0n) is 13.8. The van der Waals surface area contributed by atoms with Gasteiger partial charge in [-0.1, -0.05) is 45.4 Å². The van der Waals surface area contributed by atoms with Crippen LogP contribution < -0.4 is 5.32 Å². The summed E-state index contributed by atoms with van der Waals surface area (Å²) < 4.78 is 1.41. The lowest BCUT2D eigenvalue weighted by Crippen LogP contribution is -2.23. The van der Waals surface area contributed by atoms with Gasteiger partial charge >= 0.3 is 0 Å². The minimum Gasteiger partial charge on any atom is -0.310 e. The molecule has 0 fully saturated rings. The van der Waals surface area contributed by atoms with Crippen molar-refractivity contribution < 1.29 is 0 Å². The molecule has 0 aliphatic heterocycles. The molecule has 1 aromatic carbocycles. The van der Waals surface area contributed by atoms with E-state index in [1.54, 1.807) is 0 Å². The fourth-order valence-electron chi connectivity index (χ4n) is 2.54. The number of hydrogen-bond donors (Lipinski definition) is 1. The molecule has 0 bridgehead atoms. The maximum Gasteiger partial charge on any atom is 0.0349 e. The molecule has 2 nitrogen and oxygen atoms in total. The van der Waals surface area contributed by atoms with Crippen molar-refractivity contribution in [3.05, 3.63) is 34.7 Å². The third-order valence-electron chi connectivity index (χ3n) is 3.77. The van der Waals surface area contributed by atoms with E-state index >= 15 is 0 Å². The standard InChI is InChI=1S/C18H28N2S/c1-5-6-11-20(4)13-16-15-9-7-8-10-17(15)21-18(16)12-19-14(2)3/h7-10,14,19H,5-6,11-13H2,1-4H3. The molecule has 0 radical (unpaired) electrons. The van der Waals surface area contributed by atoms with Gasteiger partial charge in [-0.25, -0.2) is 0 Å². The Balaban J connectivity index is 2.22. The van der Waals surface area contributed by atoms with Gasteiger partial charge in [0.2, 0.25) is 0 Å². The quantitative estimate of drug-likeness (QED) is 0.765. The molecule has 21 heavy (non-hydrogen) atoms. The maximum atomic E-state index is 3.57. The Morgan fingerprint density at radius 3 is 2.71 bits per heavy atom. The number of rotatable bonds is 8. The van der Waals surface area contributed by atoms with Crippen molar-refractivity contribution >= 4 is 21.4 Å². The summed E-state index contributed by atoms with van der Waals surface area (Å²) in [4.78, 5) is 3.95. The SMILES string of the molecule is CCCCN(C)Cc1c(CNC(C)C)sc2ccccc12. The first kappa shape index (κ1) is 16.5. The Bertz CT molecular complexity index is 559. The molecule has 0 amide bonds. The van der Waals surface area contributed by atoms with Gasteiger partial charge in [0.1, 0.15) is 0 Å². The van der Waals surface area contributed by atoms with Crippen LogP contribution in [-0.2, 0) is 13.1 Å². The van der Waals surface area contributed by atoms with Crippen molar-refractivity contribution in [1.29, 1.82) is 0 Å². The third-order valence-corrected chi connectivity index (χ3v) is 4.99. The minimum absolute atomic E-state index is 0.529. The highest BCUT2D eigenvalue weighted by Gasteiger charge is 2.13. The van der Waals surface area contributed by atoms with Crippen molar-refractivity contribution in [3.63, 3.8) is 0 Å². The minimum atomic E-state index is 0.529. The zero-order chi connectivity index (χ0) is 15.2. The van der Waals surface area contributed by atoms with Crippen LogP contribution in [-0.4, -0.2) is 24.5 Å². The van der Waals surface area contributed by atoms with E-state index in [-0.39, 0.29) is 0 Å². The topological polar surface area (TPSA) is 15.3 Å². The van der Waals surface area contributed by atoms with Gasteiger partial charge in [0.05, 0.1) is 0 Å². The Morgan fingerprint density at radius 2 is 2.00 bits per heavy atom. The average molecular weight is 305 g/mol. The summed E-state index contributed by atoms with van der Waals surface area (Å²) in [6.45, 7) is 9.89. The second kappa shape index (κ2) is 7.92. The number of thiophene rings is 1. The Labute approximate surface area is 133 Å². The first-order valence-corrected chi connectivity index (χ1v) is 8.84. The summed E-state index contributed by atoms with van der Waals surface area (Å²) in [6, 6.07) is 9.34. The zero-order valence-corrected chi connectivity index (χ0v) is 14.6. The molecule has 1 aromatic heterocycles. The molecule has 0 aliphatic carbocycles. The van der Waals surface area contributed by atoms with Crippen molar-refractivity contribution in [2.75, 3.05) is 13.6 Å². The van der Waals surface area contributed by atoms with E-state index in [4.69, 9.17) is 0 Å². The molecule has 0 aliphatic rings. The van der Waals surface area contributed by atoms with E-state index in [0.29, 0.717) is 6.04 Å². The van der Waals surface area contributed by atoms with Gasteiger partial charge in [-0.3, -0.25) is 0 Å². The fourth-order valence-corrected chi connectivity index (χ4v) is 3.71. The molecule has 2 rings (SSSR count). The molecule has 2 aromatic rings. The normalized spacial score (nSPS) is 11.9. The van der Waals surface area contributed by atoms with E-state index < -0.39 is 0 Å². The highest BCUT2D eigenvalue weighted by atomic mass is 32.1. The lowest BCUT2D eigenvalue weighted by molar-refractivity contribution is 0.321. The van der Waals surface area contributed by atoms with Gasteiger partial charge in [0.15, 0.2) is 0 Å². The lowest BCUT2D eigenvalue weighted by Gasteiger charge is -2.17. The second-order valence-electron chi connectivity index (χ2n) is 6.13. The van der Waals surface area contributed by atoms with Crippen LogP contribution in [0.3, 0.4) is 0 Å². The number of hydrogen-bond acceptors (Lipinski definition) is 3. The van der Waals surface area contributed by atoms with Crippen LogP contribution in [0.4, 0.5) is 0 Å². The predicted octanol–water partition coefficient (Wildman–Crippen LogP) is 4.63. The van der Waals surface area contributed by atoms with Gasteiger partial charge < -0.3 is 10.2 Å². The summed E-state index contributed by atoms with van der Waals surface area (Å²) in [5, 5.41) is 5.01. The van der Waals surface area contributed by atoms with E-state index in [2.05, 4.69) is 62.3 Å². The summed E-state index contributed by atoms with van der Waals surface area (Å²) >= 11 is 1.94. The second-order valence-corrected chi connectivity index (χ2v) is 7.26. The van der Waals surface area contributed by atoms with Crippen LogP contribution in [0.15, 0.2) is 24.3 Å². The average Bonchev–Trinajstić information content (AvgIpc) is 2.81. The van der Waals surface area contributed by atoms with Crippen LogP contribution >= 0.6 is 11.3 Å². The molecular weight excluding hydrogens is 276 g/mol. The molecule has 0 saturated carbocycles. The molecule has 1 N–H and O–H groups in total. The van der Waals surface area contributed by atoms with Crippen LogP contribution in [0.25, 0.3) is 10.1 Å². The van der Waals surface area contributed by atoms with Crippen LogP contribution in [0.1, 0.15) is 44.1 Å². The molecule has 0 unspecified atom stereocenters. The molecular formula is C18H28N2S. The Kier molecular flexibility index (Phi) is 6.22. The van der Waals surface area contributed by atoms with E-state index in [1.807, 2.05) is 11.3 Å². The van der Waals surface area contributed by atoms with Crippen molar-refractivity contribution in [2.45, 2.75) is 52.7 Å². The monoisotopic (exact) mass is 304 g/mol. The van der Waals surface area contributed by atoms with Crippen LogP contribution in [0.2, 0.25) is 0 Å². The van der Waals surface area contributed by atoms with Crippen LogP contribution in [0.5, 0.6) is 0 Å². The van der Waals surface area contributed by atoms with Gasteiger partial charge in [0, 0.05) is 28.7 Å². The first-order valence-electron chi connectivity index (χ1n) is 8.03. The van der Waals surface area contributed by atoms with Gasteiger partial charge in [0.25, 0.3) is 0 Å². The predicted molar refractivity (Wildman–Crippen MR) is 95.0 cm³/mol. The Hall–Kier alpha value is -0.900. The summed E-state index contributed by atoms with van der Waals surface area (Å²) in [5.74, 6) is 0. The summed E-state index contributed by atoms with van der Waals surface area (Å²) in [5.41, 5.74) is 1.52. The van der Waals surface area contributed by atoms with Crippen molar-refractivity contribution in [1.82, 2.24) is 10.2 Å². The number of nitrogens with zero attached hydrogens (tertiary/aromatic N) is 1. The fraction of sp³-hybridized carbons (Fsp3) is 0.556. The number of benzene rings is 1. The van der Waals surface area contributed by atoms with Crippen LogP contribution in [0, 0.1) is 0 Å². The van der Waals surface area contributed by atoms with Crippen molar-refractivity contribution in [2.24, 2.45) is 0 Å². The highest BCUT2D eigenvalue weighted by Crippen LogP contribution is 2.32. The molecule has 1 heterocycles. The Morgan fingerprint density at radius 1 is 1.24 bits per heavy atom. The summed E-state index contributed by atoms with van der Waals surface area (Å²) in [6.07, 6.45) is 2.54. The largest absolute Gasteiger partial charge is 0.310 e. The molecule has 3 heteroatoms. The van der Waals surface area contributed by atoms with Gasteiger partial charge in [-0.05, 0) is 37.0 Å². The lowest BCUT2D eigenvalue weighted by atomic mass is 10.1. The number of fused-ring (bicyclic) bond motifs is 1. The molecule has 0 spiro atoms. The smallest absolute Gasteiger partial charge is 0.0349 e. The number of unbranched alkanes of at least 4 members (excludes halogenated alkanes) is 1. The van der Waals surface area contributed by atoms with E-state index in [1.165, 1.54) is 39.9 Å².